The zero-order valence-corrected chi connectivity index (χ0v) is 18.8. The lowest BCUT2D eigenvalue weighted by molar-refractivity contribution is -0.134. The minimum Gasteiger partial charge on any atom is -0.378 e. The number of amides is 2. The largest absolute Gasteiger partial charge is 0.378 e. The molecule has 3 atom stereocenters. The molecule has 2 amide bonds. The van der Waals surface area contributed by atoms with Gasteiger partial charge in [-0.1, -0.05) is 42.5 Å². The number of nitrogens with zero attached hydrogens (tertiary/aromatic N) is 1. The van der Waals surface area contributed by atoms with Crippen LogP contribution in [-0.4, -0.2) is 30.0 Å². The van der Waals surface area contributed by atoms with Crippen LogP contribution in [0.25, 0.3) is 0 Å². The zero-order chi connectivity index (χ0) is 24.4. The second kappa shape index (κ2) is 9.61. The van der Waals surface area contributed by atoms with Gasteiger partial charge in [0.25, 0.3) is 5.91 Å². The third-order valence-corrected chi connectivity index (χ3v) is 5.97. The van der Waals surface area contributed by atoms with Gasteiger partial charge in [0.2, 0.25) is 5.91 Å². The molecule has 34 heavy (non-hydrogen) atoms. The SMILES string of the molecule is C[C@H](NC(=O)[C@@H](O)c1cc(F)cc(F)c1)C(=O)N[C@H]1c2ccccc2Cc2ccccc2N1C. The number of rotatable bonds is 5. The van der Waals surface area contributed by atoms with Gasteiger partial charge < -0.3 is 20.6 Å². The molecule has 0 saturated heterocycles. The van der Waals surface area contributed by atoms with Gasteiger partial charge in [0.1, 0.15) is 23.8 Å². The molecule has 3 aromatic rings. The molecule has 1 aliphatic heterocycles. The number of carbonyl (C=O) groups excluding carboxylic acids is 2. The molecule has 0 aliphatic carbocycles. The van der Waals surface area contributed by atoms with Crippen molar-refractivity contribution in [2.45, 2.75) is 31.7 Å². The molecular formula is C26H25F2N3O3. The van der Waals surface area contributed by atoms with E-state index in [1.165, 1.54) is 6.92 Å². The van der Waals surface area contributed by atoms with Gasteiger partial charge in [-0.3, -0.25) is 9.59 Å². The fraction of sp³-hybridized carbons (Fsp3) is 0.231. The standard InChI is InChI=1S/C26H25F2N3O3/c1-15(29-26(34)23(32)18-12-19(27)14-20(28)13-18)25(33)30-24-21-9-5-3-7-16(21)11-17-8-4-6-10-22(17)31(24)2/h3-10,12-15,23-24,32H,11H2,1-2H3,(H,29,34)(H,30,33)/t15-,23-,24+/m0/s1. The molecule has 1 aliphatic rings. The van der Waals surface area contributed by atoms with Crippen LogP contribution in [0, 0.1) is 11.6 Å². The van der Waals surface area contributed by atoms with E-state index in [0.29, 0.717) is 12.5 Å². The van der Waals surface area contributed by atoms with Crippen LogP contribution in [0.4, 0.5) is 14.5 Å². The summed E-state index contributed by atoms with van der Waals surface area (Å²) < 4.78 is 26.9. The highest BCUT2D eigenvalue weighted by atomic mass is 19.1. The van der Waals surface area contributed by atoms with E-state index in [-0.39, 0.29) is 5.56 Å². The molecule has 3 N–H and O–H groups in total. The van der Waals surface area contributed by atoms with Gasteiger partial charge in [-0.15, -0.1) is 0 Å². The summed E-state index contributed by atoms with van der Waals surface area (Å²) in [5.41, 5.74) is 3.87. The minimum absolute atomic E-state index is 0.239. The van der Waals surface area contributed by atoms with Crippen LogP contribution < -0.4 is 15.5 Å². The normalized spacial score (nSPS) is 16.5. The second-order valence-electron chi connectivity index (χ2n) is 8.36. The van der Waals surface area contributed by atoms with Crippen LogP contribution >= 0.6 is 0 Å². The molecule has 1 heterocycles. The van der Waals surface area contributed by atoms with E-state index in [1.54, 1.807) is 0 Å². The Bertz CT molecular complexity index is 1210. The average molecular weight is 466 g/mol. The molecule has 6 nitrogen and oxygen atoms in total. The van der Waals surface area contributed by atoms with Gasteiger partial charge in [-0.2, -0.15) is 0 Å². The molecule has 0 saturated carbocycles. The molecule has 0 unspecified atom stereocenters. The Hall–Kier alpha value is -3.78. The van der Waals surface area contributed by atoms with Crippen LogP contribution in [0.1, 0.15) is 41.4 Å². The van der Waals surface area contributed by atoms with E-state index in [1.807, 2.05) is 60.5 Å². The second-order valence-corrected chi connectivity index (χ2v) is 8.36. The Labute approximate surface area is 196 Å². The molecule has 0 radical (unpaired) electrons. The van der Waals surface area contributed by atoms with Crippen LogP contribution in [0.3, 0.4) is 0 Å². The van der Waals surface area contributed by atoms with Crippen LogP contribution in [0.5, 0.6) is 0 Å². The highest BCUT2D eigenvalue weighted by Gasteiger charge is 2.30. The Morgan fingerprint density at radius 3 is 2.29 bits per heavy atom. The highest BCUT2D eigenvalue weighted by molar-refractivity contribution is 5.90. The first-order chi connectivity index (χ1) is 16.2. The first kappa shape index (κ1) is 23.4. The summed E-state index contributed by atoms with van der Waals surface area (Å²) in [4.78, 5) is 27.5. The quantitative estimate of drug-likeness (QED) is 0.540. The molecule has 0 aromatic heterocycles. The van der Waals surface area contributed by atoms with Crippen molar-refractivity contribution in [3.8, 4) is 0 Å². The maximum atomic E-state index is 13.4. The van der Waals surface area contributed by atoms with E-state index < -0.39 is 41.8 Å². The number of hydrogen-bond donors (Lipinski definition) is 3. The molecule has 4 rings (SSSR count). The van der Waals surface area contributed by atoms with Gasteiger partial charge >= 0.3 is 0 Å². The Kier molecular flexibility index (Phi) is 6.61. The fourth-order valence-electron chi connectivity index (χ4n) is 4.20. The van der Waals surface area contributed by atoms with Gasteiger partial charge in [0.05, 0.1) is 0 Å². The first-order valence-corrected chi connectivity index (χ1v) is 10.9. The average Bonchev–Trinajstić information content (AvgIpc) is 2.92. The van der Waals surface area contributed by atoms with Crippen molar-refractivity contribution in [2.24, 2.45) is 0 Å². The predicted octanol–water partition coefficient (Wildman–Crippen LogP) is 3.36. The van der Waals surface area contributed by atoms with Gasteiger partial charge in [-0.25, -0.2) is 8.78 Å². The zero-order valence-electron chi connectivity index (χ0n) is 18.8. The molecule has 8 heteroatoms. The number of hydrogen-bond acceptors (Lipinski definition) is 4. The van der Waals surface area contributed by atoms with Crippen molar-refractivity contribution in [3.63, 3.8) is 0 Å². The summed E-state index contributed by atoms with van der Waals surface area (Å²) in [7, 11) is 1.89. The maximum Gasteiger partial charge on any atom is 0.254 e. The molecule has 3 aromatic carbocycles. The van der Waals surface area contributed by atoms with E-state index in [2.05, 4.69) is 10.6 Å². The topological polar surface area (TPSA) is 81.7 Å². The molecular weight excluding hydrogens is 440 g/mol. The van der Waals surface area contributed by atoms with Crippen molar-refractivity contribution in [3.05, 3.63) is 101 Å². The molecule has 0 bridgehead atoms. The number of halogens is 2. The number of aliphatic hydroxyl groups is 1. The van der Waals surface area contributed by atoms with E-state index in [9.17, 15) is 23.5 Å². The maximum absolute atomic E-state index is 13.4. The van der Waals surface area contributed by atoms with Gasteiger partial charge in [0, 0.05) is 18.8 Å². The monoisotopic (exact) mass is 465 g/mol. The van der Waals surface area contributed by atoms with Crippen LogP contribution in [-0.2, 0) is 16.0 Å². The van der Waals surface area contributed by atoms with Crippen molar-refractivity contribution >= 4 is 17.5 Å². The van der Waals surface area contributed by atoms with Crippen molar-refractivity contribution < 1.29 is 23.5 Å². The van der Waals surface area contributed by atoms with Crippen LogP contribution in [0.15, 0.2) is 66.7 Å². The fourth-order valence-corrected chi connectivity index (χ4v) is 4.20. The Morgan fingerprint density at radius 1 is 0.971 bits per heavy atom. The summed E-state index contributed by atoms with van der Waals surface area (Å²) in [5, 5.41) is 15.6. The smallest absolute Gasteiger partial charge is 0.254 e. The first-order valence-electron chi connectivity index (χ1n) is 10.9. The van der Waals surface area contributed by atoms with Crippen molar-refractivity contribution in [1.82, 2.24) is 10.6 Å². The number of carbonyl (C=O) groups is 2. The van der Waals surface area contributed by atoms with Crippen molar-refractivity contribution in [2.75, 3.05) is 11.9 Å². The molecule has 0 spiro atoms. The number of fused-ring (bicyclic) bond motifs is 2. The highest BCUT2D eigenvalue weighted by Crippen LogP contribution is 2.34. The number of aliphatic hydroxyl groups excluding tert-OH is 1. The molecule has 0 fully saturated rings. The lowest BCUT2D eigenvalue weighted by Crippen LogP contribution is -2.50. The minimum atomic E-state index is -1.83. The third kappa shape index (κ3) is 4.77. The van der Waals surface area contributed by atoms with E-state index in [0.717, 1.165) is 34.5 Å². The summed E-state index contributed by atoms with van der Waals surface area (Å²) >= 11 is 0. The molecule has 176 valence electrons. The number of para-hydroxylation sites is 1. The lowest BCUT2D eigenvalue weighted by atomic mass is 9.99. The van der Waals surface area contributed by atoms with Crippen LogP contribution in [0.2, 0.25) is 0 Å². The Balaban J connectivity index is 1.51. The summed E-state index contributed by atoms with van der Waals surface area (Å²) in [6.07, 6.45) is -1.60. The number of nitrogens with one attached hydrogen (secondary N) is 2. The van der Waals surface area contributed by atoms with Gasteiger partial charge in [-0.05, 0) is 53.8 Å². The van der Waals surface area contributed by atoms with E-state index >= 15 is 0 Å². The van der Waals surface area contributed by atoms with Gasteiger partial charge in [0.15, 0.2) is 6.10 Å². The Morgan fingerprint density at radius 2 is 1.59 bits per heavy atom. The number of benzene rings is 3. The summed E-state index contributed by atoms with van der Waals surface area (Å²) in [6, 6.07) is 17.1. The predicted molar refractivity (Wildman–Crippen MR) is 124 cm³/mol. The van der Waals surface area contributed by atoms with Crippen molar-refractivity contribution in [1.29, 1.82) is 0 Å². The number of anilines is 1. The van der Waals surface area contributed by atoms with E-state index in [4.69, 9.17) is 0 Å². The lowest BCUT2D eigenvalue weighted by Gasteiger charge is -2.32. The summed E-state index contributed by atoms with van der Waals surface area (Å²) in [6.45, 7) is 1.47. The third-order valence-electron chi connectivity index (χ3n) is 5.97. The summed E-state index contributed by atoms with van der Waals surface area (Å²) in [5.74, 6) is -3.24.